The lowest BCUT2D eigenvalue weighted by atomic mass is 10.2. The molecule has 170 valence electrons. The molecule has 4 rings (SSSR count). The Morgan fingerprint density at radius 2 is 1.81 bits per heavy atom. The maximum absolute atomic E-state index is 10.4. The molecule has 0 bridgehead atoms. The summed E-state index contributed by atoms with van der Waals surface area (Å²) in [6.07, 6.45) is 4.29. The second kappa shape index (κ2) is 11.0. The second-order valence-electron chi connectivity index (χ2n) is 8.55. The monoisotopic (exact) mass is 429 g/mol. The summed E-state index contributed by atoms with van der Waals surface area (Å²) < 4.78 is 13.4. The summed E-state index contributed by atoms with van der Waals surface area (Å²) in [5.41, 5.74) is 0.997. The van der Waals surface area contributed by atoms with Crippen molar-refractivity contribution in [1.29, 1.82) is 0 Å². The number of aryl methyl sites for hydroxylation is 1. The molecule has 1 N–H and O–H groups in total. The van der Waals surface area contributed by atoms with Gasteiger partial charge in [-0.2, -0.15) is 0 Å². The van der Waals surface area contributed by atoms with E-state index in [4.69, 9.17) is 9.47 Å². The van der Waals surface area contributed by atoms with E-state index in [1.54, 1.807) is 7.11 Å². The van der Waals surface area contributed by atoms with Gasteiger partial charge in [0.1, 0.15) is 17.4 Å². The van der Waals surface area contributed by atoms with Gasteiger partial charge < -0.3 is 19.1 Å². The van der Waals surface area contributed by atoms with Gasteiger partial charge in [0.05, 0.1) is 33.0 Å². The summed E-state index contributed by atoms with van der Waals surface area (Å²) in [7, 11) is 1.66. The number of para-hydroxylation sites is 1. The van der Waals surface area contributed by atoms with E-state index >= 15 is 0 Å². The van der Waals surface area contributed by atoms with E-state index in [1.807, 2.05) is 24.3 Å². The van der Waals surface area contributed by atoms with Crippen LogP contribution in [-0.2, 0) is 30.9 Å². The smallest absolute Gasteiger partial charge is 0.147 e. The van der Waals surface area contributed by atoms with Gasteiger partial charge in [-0.3, -0.25) is 9.80 Å². The number of aliphatic hydroxyl groups is 1. The van der Waals surface area contributed by atoms with Crippen molar-refractivity contribution in [1.82, 2.24) is 24.6 Å². The first-order valence-corrected chi connectivity index (χ1v) is 11.5. The Kier molecular flexibility index (Phi) is 7.91. The number of piperazine rings is 1. The maximum Gasteiger partial charge on any atom is 0.147 e. The topological polar surface area (TPSA) is 75.9 Å². The lowest BCUT2D eigenvalue weighted by molar-refractivity contribution is 0.000255. The van der Waals surface area contributed by atoms with E-state index in [9.17, 15) is 5.11 Å². The van der Waals surface area contributed by atoms with Crippen LogP contribution < -0.4 is 4.74 Å². The number of fused-ring (bicyclic) bond motifs is 1. The van der Waals surface area contributed by atoms with Crippen LogP contribution in [0, 0.1) is 0 Å². The summed E-state index contributed by atoms with van der Waals surface area (Å²) in [6.45, 7) is 7.19. The highest BCUT2D eigenvalue weighted by Gasteiger charge is 2.22. The highest BCUT2D eigenvalue weighted by atomic mass is 16.5. The summed E-state index contributed by atoms with van der Waals surface area (Å²) in [5.74, 6) is 3.08. The average Bonchev–Trinajstić information content (AvgIpc) is 3.01. The van der Waals surface area contributed by atoms with Crippen molar-refractivity contribution >= 4 is 0 Å². The van der Waals surface area contributed by atoms with Crippen LogP contribution >= 0.6 is 0 Å². The molecule has 0 amide bonds. The normalized spacial score (nSPS) is 19.0. The SMILES string of the molecule is COc1ccccc1COCC(O)CN1CCN(Cc2nnc3n2CCCCC3)CC1. The third-order valence-corrected chi connectivity index (χ3v) is 6.25. The van der Waals surface area contributed by atoms with Gasteiger partial charge in [-0.05, 0) is 18.9 Å². The molecular formula is C23H35N5O3. The lowest BCUT2D eigenvalue weighted by Crippen LogP contribution is -2.48. The number of hydrogen-bond donors (Lipinski definition) is 1. The third kappa shape index (κ3) is 6.04. The van der Waals surface area contributed by atoms with Gasteiger partial charge in [0, 0.05) is 51.3 Å². The lowest BCUT2D eigenvalue weighted by Gasteiger charge is -2.35. The minimum Gasteiger partial charge on any atom is -0.496 e. The summed E-state index contributed by atoms with van der Waals surface area (Å²) >= 11 is 0. The van der Waals surface area contributed by atoms with Crippen LogP contribution in [0.25, 0.3) is 0 Å². The highest BCUT2D eigenvalue weighted by molar-refractivity contribution is 5.32. The van der Waals surface area contributed by atoms with Gasteiger partial charge in [0.2, 0.25) is 0 Å². The van der Waals surface area contributed by atoms with E-state index in [1.165, 1.54) is 19.3 Å². The standard InChI is InChI=1S/C23H35N5O3/c1-30-21-8-5-4-7-19(21)17-31-18-20(29)15-26-11-13-27(14-12-26)16-23-25-24-22-9-3-2-6-10-28(22)23/h4-5,7-8,20,29H,2-3,6,9-18H2,1H3. The van der Waals surface area contributed by atoms with Crippen LogP contribution in [-0.4, -0.2) is 82.2 Å². The summed E-state index contributed by atoms with van der Waals surface area (Å²) in [5, 5.41) is 19.3. The molecule has 8 heteroatoms. The fourth-order valence-electron chi connectivity index (χ4n) is 4.47. The van der Waals surface area contributed by atoms with Crippen molar-refractivity contribution in [3.8, 4) is 5.75 Å². The number of aliphatic hydroxyl groups excluding tert-OH is 1. The Labute approximate surface area is 184 Å². The van der Waals surface area contributed by atoms with E-state index in [0.717, 1.165) is 68.7 Å². The molecule has 0 radical (unpaired) electrons. The molecule has 1 unspecified atom stereocenters. The Morgan fingerprint density at radius 3 is 2.65 bits per heavy atom. The van der Waals surface area contributed by atoms with Crippen LogP contribution in [0.3, 0.4) is 0 Å². The van der Waals surface area contributed by atoms with Crippen molar-refractivity contribution in [2.24, 2.45) is 0 Å². The second-order valence-corrected chi connectivity index (χ2v) is 8.55. The van der Waals surface area contributed by atoms with Crippen molar-refractivity contribution in [2.45, 2.75) is 51.5 Å². The quantitative estimate of drug-likeness (QED) is 0.650. The van der Waals surface area contributed by atoms with Crippen molar-refractivity contribution in [3.63, 3.8) is 0 Å². The van der Waals surface area contributed by atoms with Crippen LogP contribution in [0.15, 0.2) is 24.3 Å². The number of aromatic nitrogens is 3. The molecule has 2 aromatic rings. The molecular weight excluding hydrogens is 394 g/mol. The maximum atomic E-state index is 10.4. The largest absolute Gasteiger partial charge is 0.496 e. The number of ether oxygens (including phenoxy) is 2. The van der Waals surface area contributed by atoms with Gasteiger partial charge >= 0.3 is 0 Å². The Morgan fingerprint density at radius 1 is 1.00 bits per heavy atom. The van der Waals surface area contributed by atoms with Crippen molar-refractivity contribution in [3.05, 3.63) is 41.5 Å². The Hall–Kier alpha value is -2.00. The number of benzene rings is 1. The van der Waals surface area contributed by atoms with Gasteiger partial charge in [-0.1, -0.05) is 24.6 Å². The summed E-state index contributed by atoms with van der Waals surface area (Å²) in [6, 6.07) is 7.81. The first-order valence-electron chi connectivity index (χ1n) is 11.5. The molecule has 1 saturated heterocycles. The number of hydrogen-bond acceptors (Lipinski definition) is 7. The number of nitrogens with zero attached hydrogens (tertiary/aromatic N) is 5. The third-order valence-electron chi connectivity index (χ3n) is 6.25. The Balaban J connectivity index is 1.17. The summed E-state index contributed by atoms with van der Waals surface area (Å²) in [4.78, 5) is 4.77. The molecule has 0 aliphatic carbocycles. The van der Waals surface area contributed by atoms with Gasteiger partial charge in [-0.15, -0.1) is 10.2 Å². The van der Waals surface area contributed by atoms with E-state index in [0.29, 0.717) is 19.8 Å². The molecule has 2 aliphatic heterocycles. The Bertz CT molecular complexity index is 819. The van der Waals surface area contributed by atoms with Crippen LogP contribution in [0.5, 0.6) is 5.75 Å². The predicted molar refractivity (Wildman–Crippen MR) is 118 cm³/mol. The molecule has 1 aromatic carbocycles. The molecule has 8 nitrogen and oxygen atoms in total. The fraction of sp³-hybridized carbons (Fsp3) is 0.652. The minimum atomic E-state index is -0.492. The molecule has 2 aliphatic rings. The molecule has 3 heterocycles. The number of rotatable bonds is 9. The first-order chi connectivity index (χ1) is 15.2. The van der Waals surface area contributed by atoms with E-state index < -0.39 is 6.10 Å². The van der Waals surface area contributed by atoms with Gasteiger partial charge in [0.15, 0.2) is 0 Å². The van der Waals surface area contributed by atoms with Crippen LogP contribution in [0.1, 0.15) is 36.5 Å². The van der Waals surface area contributed by atoms with Crippen molar-refractivity contribution in [2.75, 3.05) is 46.4 Å². The number of β-amino-alcohol motifs (C(OH)–C–C–N with tert-alkyl or cyclic N) is 1. The van der Waals surface area contributed by atoms with Crippen LogP contribution in [0.4, 0.5) is 0 Å². The number of methoxy groups -OCH3 is 1. The molecule has 0 saturated carbocycles. The van der Waals surface area contributed by atoms with E-state index in [-0.39, 0.29) is 0 Å². The molecule has 1 aromatic heterocycles. The molecule has 31 heavy (non-hydrogen) atoms. The van der Waals surface area contributed by atoms with Crippen LogP contribution in [0.2, 0.25) is 0 Å². The van der Waals surface area contributed by atoms with Crippen molar-refractivity contribution < 1.29 is 14.6 Å². The average molecular weight is 430 g/mol. The fourth-order valence-corrected chi connectivity index (χ4v) is 4.47. The highest BCUT2D eigenvalue weighted by Crippen LogP contribution is 2.18. The first kappa shape index (κ1) is 22.2. The molecule has 1 fully saturated rings. The zero-order chi connectivity index (χ0) is 21.5. The van der Waals surface area contributed by atoms with E-state index in [2.05, 4.69) is 24.6 Å². The predicted octanol–water partition coefficient (Wildman–Crippen LogP) is 1.71. The minimum absolute atomic E-state index is 0.324. The molecule has 0 spiro atoms. The van der Waals surface area contributed by atoms with Gasteiger partial charge in [-0.25, -0.2) is 0 Å². The van der Waals surface area contributed by atoms with Gasteiger partial charge in [0.25, 0.3) is 0 Å². The zero-order valence-corrected chi connectivity index (χ0v) is 18.6. The molecule has 1 atom stereocenters. The zero-order valence-electron chi connectivity index (χ0n) is 18.6.